The van der Waals surface area contributed by atoms with Crippen LogP contribution < -0.4 is 5.32 Å². The summed E-state index contributed by atoms with van der Waals surface area (Å²) in [5.74, 6) is 1.21. The van der Waals surface area contributed by atoms with Crippen LogP contribution in [0.25, 0.3) is 0 Å². The highest BCUT2D eigenvalue weighted by Crippen LogP contribution is 2.44. The van der Waals surface area contributed by atoms with Gasteiger partial charge in [0.25, 0.3) is 0 Å². The van der Waals surface area contributed by atoms with E-state index in [-0.39, 0.29) is 11.3 Å². The van der Waals surface area contributed by atoms with Crippen LogP contribution in [0.5, 0.6) is 0 Å². The molecule has 2 aliphatic rings. The number of carbonyl (C=O) groups excluding carboxylic acids is 1. The highest BCUT2D eigenvalue weighted by Gasteiger charge is 2.48. The molecule has 1 aromatic carbocycles. The van der Waals surface area contributed by atoms with Crippen LogP contribution in [-0.2, 0) is 23.8 Å². The van der Waals surface area contributed by atoms with E-state index in [1.807, 2.05) is 32.2 Å². The van der Waals surface area contributed by atoms with Gasteiger partial charge in [-0.1, -0.05) is 18.2 Å². The van der Waals surface area contributed by atoms with Gasteiger partial charge in [-0.15, -0.1) is 0 Å². The molecule has 0 saturated carbocycles. The molecule has 3 heterocycles. The maximum atomic E-state index is 12.6. The van der Waals surface area contributed by atoms with E-state index in [1.54, 1.807) is 0 Å². The SMILES string of the molecule is Cc1nc(CN2CCC3(CC2)C(=O)Nc2ccccc23)cn1C. The van der Waals surface area contributed by atoms with Gasteiger partial charge in [0.1, 0.15) is 5.82 Å². The molecule has 1 aromatic heterocycles. The van der Waals surface area contributed by atoms with Crippen molar-refractivity contribution in [3.8, 4) is 0 Å². The molecule has 0 bridgehead atoms. The quantitative estimate of drug-likeness (QED) is 0.925. The van der Waals surface area contributed by atoms with Crippen molar-refractivity contribution < 1.29 is 4.79 Å². The summed E-state index contributed by atoms with van der Waals surface area (Å²) in [5.41, 5.74) is 2.95. The summed E-state index contributed by atoms with van der Waals surface area (Å²) in [6, 6.07) is 8.12. The van der Waals surface area contributed by atoms with Crippen LogP contribution in [0.3, 0.4) is 0 Å². The first-order valence-corrected chi connectivity index (χ1v) is 8.21. The molecule has 0 unspecified atom stereocenters. The molecule has 120 valence electrons. The smallest absolute Gasteiger partial charge is 0.235 e. The van der Waals surface area contributed by atoms with Crippen LogP contribution in [0.4, 0.5) is 5.69 Å². The summed E-state index contributed by atoms with van der Waals surface area (Å²) in [5, 5.41) is 3.06. The lowest BCUT2D eigenvalue weighted by Gasteiger charge is -2.37. The van der Waals surface area contributed by atoms with Crippen molar-refractivity contribution in [3.05, 3.63) is 47.5 Å². The molecule has 1 fully saturated rings. The number of rotatable bonds is 2. The Morgan fingerprint density at radius 1 is 1.26 bits per heavy atom. The number of aryl methyl sites for hydroxylation is 2. The van der Waals surface area contributed by atoms with Crippen molar-refractivity contribution in [3.63, 3.8) is 0 Å². The number of aromatic nitrogens is 2. The number of para-hydroxylation sites is 1. The van der Waals surface area contributed by atoms with Crippen LogP contribution in [0.2, 0.25) is 0 Å². The Morgan fingerprint density at radius 3 is 2.70 bits per heavy atom. The van der Waals surface area contributed by atoms with E-state index in [0.29, 0.717) is 0 Å². The predicted molar refractivity (Wildman–Crippen MR) is 89.2 cm³/mol. The summed E-state index contributed by atoms with van der Waals surface area (Å²) in [4.78, 5) is 19.6. The zero-order valence-corrected chi connectivity index (χ0v) is 13.7. The van der Waals surface area contributed by atoms with Gasteiger partial charge in [-0.25, -0.2) is 4.98 Å². The van der Waals surface area contributed by atoms with Crippen molar-refractivity contribution in [2.45, 2.75) is 31.7 Å². The van der Waals surface area contributed by atoms with Crippen molar-refractivity contribution in [2.24, 2.45) is 7.05 Å². The number of hydrogen-bond donors (Lipinski definition) is 1. The predicted octanol–water partition coefficient (Wildman–Crippen LogP) is 2.21. The van der Waals surface area contributed by atoms with Gasteiger partial charge in [-0.2, -0.15) is 0 Å². The van der Waals surface area contributed by atoms with E-state index < -0.39 is 0 Å². The van der Waals surface area contributed by atoms with Gasteiger partial charge in [0.15, 0.2) is 0 Å². The summed E-state index contributed by atoms with van der Waals surface area (Å²) >= 11 is 0. The average Bonchev–Trinajstić information content (AvgIpc) is 3.00. The lowest BCUT2D eigenvalue weighted by molar-refractivity contribution is -0.122. The number of anilines is 1. The molecule has 23 heavy (non-hydrogen) atoms. The van der Waals surface area contributed by atoms with Gasteiger partial charge >= 0.3 is 0 Å². The minimum Gasteiger partial charge on any atom is -0.338 e. The van der Waals surface area contributed by atoms with Gasteiger partial charge in [-0.3, -0.25) is 9.69 Å². The fourth-order valence-electron chi connectivity index (χ4n) is 3.90. The molecule has 1 amide bonds. The maximum absolute atomic E-state index is 12.6. The lowest BCUT2D eigenvalue weighted by Crippen LogP contribution is -2.46. The van der Waals surface area contributed by atoms with Gasteiger partial charge in [0, 0.05) is 25.5 Å². The third kappa shape index (κ3) is 2.27. The molecule has 0 aliphatic carbocycles. The second-order valence-electron chi connectivity index (χ2n) is 6.75. The Balaban J connectivity index is 1.50. The van der Waals surface area contributed by atoms with Gasteiger partial charge in [-0.05, 0) is 44.5 Å². The van der Waals surface area contributed by atoms with Crippen LogP contribution >= 0.6 is 0 Å². The number of amides is 1. The standard InChI is InChI=1S/C18H22N4O/c1-13-19-14(11-21(13)2)12-22-9-7-18(8-10-22)15-5-3-4-6-16(15)20-17(18)23/h3-6,11H,7-10,12H2,1-2H3,(H,20,23). The number of benzene rings is 1. The number of hydrogen-bond acceptors (Lipinski definition) is 3. The Labute approximate surface area is 136 Å². The number of nitrogens with one attached hydrogen (secondary N) is 1. The summed E-state index contributed by atoms with van der Waals surface area (Å²) < 4.78 is 2.06. The molecule has 2 aromatic rings. The number of piperidine rings is 1. The summed E-state index contributed by atoms with van der Waals surface area (Å²) in [6.07, 6.45) is 3.85. The number of imidazole rings is 1. The van der Waals surface area contributed by atoms with Crippen molar-refractivity contribution in [2.75, 3.05) is 18.4 Å². The number of fused-ring (bicyclic) bond motifs is 2. The molecular formula is C18H22N4O. The molecule has 1 N–H and O–H groups in total. The highest BCUT2D eigenvalue weighted by atomic mass is 16.2. The minimum atomic E-state index is -0.326. The first-order valence-electron chi connectivity index (χ1n) is 8.21. The van der Waals surface area contributed by atoms with E-state index in [1.165, 1.54) is 5.56 Å². The Hall–Kier alpha value is -2.14. The lowest BCUT2D eigenvalue weighted by atomic mass is 9.73. The zero-order valence-electron chi connectivity index (χ0n) is 13.7. The van der Waals surface area contributed by atoms with E-state index in [4.69, 9.17) is 0 Å². The number of nitrogens with zero attached hydrogens (tertiary/aromatic N) is 3. The van der Waals surface area contributed by atoms with Crippen LogP contribution in [0, 0.1) is 6.92 Å². The highest BCUT2D eigenvalue weighted by molar-refractivity contribution is 6.06. The van der Waals surface area contributed by atoms with Crippen molar-refractivity contribution >= 4 is 11.6 Å². The summed E-state index contributed by atoms with van der Waals surface area (Å²) in [7, 11) is 2.02. The zero-order chi connectivity index (χ0) is 16.0. The van der Waals surface area contributed by atoms with E-state index in [0.717, 1.165) is 49.7 Å². The van der Waals surface area contributed by atoms with E-state index in [9.17, 15) is 4.79 Å². The average molecular weight is 310 g/mol. The Bertz CT molecular complexity index is 737. The largest absolute Gasteiger partial charge is 0.338 e. The van der Waals surface area contributed by atoms with Gasteiger partial charge in [0.05, 0.1) is 11.1 Å². The Morgan fingerprint density at radius 2 is 2.00 bits per heavy atom. The molecule has 0 atom stereocenters. The van der Waals surface area contributed by atoms with Crippen molar-refractivity contribution in [1.82, 2.24) is 14.5 Å². The fourth-order valence-corrected chi connectivity index (χ4v) is 3.90. The molecule has 1 spiro atoms. The molecule has 5 heteroatoms. The molecule has 4 rings (SSSR count). The van der Waals surface area contributed by atoms with Crippen LogP contribution in [0.15, 0.2) is 30.5 Å². The monoisotopic (exact) mass is 310 g/mol. The van der Waals surface area contributed by atoms with Crippen LogP contribution in [0.1, 0.15) is 29.9 Å². The van der Waals surface area contributed by atoms with Crippen molar-refractivity contribution in [1.29, 1.82) is 0 Å². The third-order valence-electron chi connectivity index (χ3n) is 5.38. The first-order chi connectivity index (χ1) is 11.1. The molecule has 2 aliphatic heterocycles. The fraction of sp³-hybridized carbons (Fsp3) is 0.444. The third-order valence-corrected chi connectivity index (χ3v) is 5.38. The molecular weight excluding hydrogens is 288 g/mol. The number of carbonyl (C=O) groups is 1. The van der Waals surface area contributed by atoms with Gasteiger partial charge < -0.3 is 9.88 Å². The molecule has 0 radical (unpaired) electrons. The van der Waals surface area contributed by atoms with Crippen LogP contribution in [-0.4, -0.2) is 33.4 Å². The summed E-state index contributed by atoms with van der Waals surface area (Å²) in [6.45, 7) is 4.74. The van der Waals surface area contributed by atoms with E-state index in [2.05, 4.69) is 32.0 Å². The molecule has 5 nitrogen and oxygen atoms in total. The molecule has 1 saturated heterocycles. The maximum Gasteiger partial charge on any atom is 0.235 e. The minimum absolute atomic E-state index is 0.173. The normalized spacial score (nSPS) is 19.8. The number of likely N-dealkylation sites (tertiary alicyclic amines) is 1. The topological polar surface area (TPSA) is 50.2 Å². The second kappa shape index (κ2) is 5.20. The second-order valence-corrected chi connectivity index (χ2v) is 6.75. The first kappa shape index (κ1) is 14.5. The van der Waals surface area contributed by atoms with E-state index >= 15 is 0 Å². The van der Waals surface area contributed by atoms with Gasteiger partial charge in [0.2, 0.25) is 5.91 Å². The Kier molecular flexibility index (Phi) is 3.27.